The van der Waals surface area contributed by atoms with Gasteiger partial charge in [0.25, 0.3) is 0 Å². The Hall–Kier alpha value is -1.81. The lowest BCUT2D eigenvalue weighted by molar-refractivity contribution is -0.143. The zero-order chi connectivity index (χ0) is 16.3. The molecule has 2 unspecified atom stereocenters. The van der Waals surface area contributed by atoms with Gasteiger partial charge in [-0.1, -0.05) is 30.3 Å². The van der Waals surface area contributed by atoms with E-state index in [0.29, 0.717) is 0 Å². The van der Waals surface area contributed by atoms with E-state index in [0.717, 1.165) is 18.7 Å². The normalized spacial score (nSPS) is 21.1. The van der Waals surface area contributed by atoms with Crippen molar-refractivity contribution >= 4 is 5.97 Å². The number of carbonyl (C=O) groups is 1. The van der Waals surface area contributed by atoms with E-state index >= 15 is 0 Å². The van der Waals surface area contributed by atoms with Crippen LogP contribution in [0.4, 0.5) is 0 Å². The predicted molar refractivity (Wildman–Crippen MR) is 88.6 cm³/mol. The molecule has 0 bridgehead atoms. The van der Waals surface area contributed by atoms with Crippen LogP contribution in [0.25, 0.3) is 0 Å². The average Bonchev–Trinajstić information content (AvgIpc) is 2.47. The predicted octanol–water partition coefficient (Wildman–Crippen LogP) is 3.18. The molecule has 0 amide bonds. The molecule has 2 atom stereocenters. The van der Waals surface area contributed by atoms with Gasteiger partial charge in [0.1, 0.15) is 6.04 Å². The molecule has 2 rings (SSSR count). The van der Waals surface area contributed by atoms with Crippen molar-refractivity contribution in [3.05, 3.63) is 47.7 Å². The van der Waals surface area contributed by atoms with E-state index in [2.05, 4.69) is 45.1 Å². The third-order valence-electron chi connectivity index (χ3n) is 4.13. The summed E-state index contributed by atoms with van der Waals surface area (Å²) in [6.45, 7) is 9.02. The molecule has 1 aliphatic heterocycles. The second kappa shape index (κ2) is 6.53. The lowest BCUT2D eigenvalue weighted by atomic mass is 9.97. The van der Waals surface area contributed by atoms with Crippen molar-refractivity contribution in [2.45, 2.75) is 51.7 Å². The zero-order valence-electron chi connectivity index (χ0n) is 13.8. The van der Waals surface area contributed by atoms with Crippen LogP contribution in [0.3, 0.4) is 0 Å². The monoisotopic (exact) mass is 302 g/mol. The van der Waals surface area contributed by atoms with Crippen LogP contribution >= 0.6 is 0 Å². The van der Waals surface area contributed by atoms with Gasteiger partial charge in [0.15, 0.2) is 0 Å². The molecule has 4 heteroatoms. The summed E-state index contributed by atoms with van der Waals surface area (Å²) in [6, 6.07) is 9.79. The summed E-state index contributed by atoms with van der Waals surface area (Å²) in [5.74, 6) is -0.790. The van der Waals surface area contributed by atoms with Crippen LogP contribution < -0.4 is 5.32 Å². The van der Waals surface area contributed by atoms with Gasteiger partial charge >= 0.3 is 5.97 Å². The molecule has 1 heterocycles. The van der Waals surface area contributed by atoms with Gasteiger partial charge in [0, 0.05) is 23.8 Å². The van der Waals surface area contributed by atoms with Crippen molar-refractivity contribution in [3.63, 3.8) is 0 Å². The van der Waals surface area contributed by atoms with Gasteiger partial charge in [-0.2, -0.15) is 0 Å². The second-order valence-electron chi connectivity index (χ2n) is 6.87. The van der Waals surface area contributed by atoms with E-state index < -0.39 is 12.0 Å². The summed E-state index contributed by atoms with van der Waals surface area (Å²) in [5, 5.41) is 13.0. The summed E-state index contributed by atoms with van der Waals surface area (Å²) >= 11 is 0. The van der Waals surface area contributed by atoms with Gasteiger partial charge in [-0.05, 0) is 45.8 Å². The van der Waals surface area contributed by atoms with Crippen LogP contribution in [0.15, 0.2) is 42.1 Å². The van der Waals surface area contributed by atoms with Crippen molar-refractivity contribution in [2.75, 3.05) is 6.54 Å². The van der Waals surface area contributed by atoms with Crippen LogP contribution in [0, 0.1) is 0 Å². The minimum atomic E-state index is -0.790. The number of carboxylic acids is 1. The first-order chi connectivity index (χ1) is 10.3. The number of benzene rings is 1. The molecule has 0 saturated heterocycles. The van der Waals surface area contributed by atoms with Crippen LogP contribution in [-0.4, -0.2) is 34.1 Å². The maximum absolute atomic E-state index is 11.6. The minimum absolute atomic E-state index is 0.157. The molecule has 0 saturated carbocycles. The standard InChI is InChI=1S/C18H26N2O2/c1-13(14-8-6-5-7-9-14)19-15-10-11-20(18(2,3)4)16(12-15)17(21)22/h5-9,12-13,16,19H,10-11H2,1-4H3,(H,21,22). The molecule has 0 aromatic heterocycles. The second-order valence-corrected chi connectivity index (χ2v) is 6.87. The fourth-order valence-corrected chi connectivity index (χ4v) is 2.92. The van der Waals surface area contributed by atoms with Crippen LogP contribution in [0.5, 0.6) is 0 Å². The fraction of sp³-hybridized carbons (Fsp3) is 0.500. The molecular formula is C18H26N2O2. The summed E-state index contributed by atoms with van der Waals surface area (Å²) < 4.78 is 0. The Kier molecular flexibility index (Phi) is 4.91. The Labute approximate surface area is 132 Å². The average molecular weight is 302 g/mol. The zero-order valence-corrected chi connectivity index (χ0v) is 13.8. The van der Waals surface area contributed by atoms with Gasteiger partial charge in [0.05, 0.1) is 0 Å². The Morgan fingerprint density at radius 2 is 1.95 bits per heavy atom. The lowest BCUT2D eigenvalue weighted by Gasteiger charge is -2.42. The van der Waals surface area contributed by atoms with Gasteiger partial charge in [-0.25, -0.2) is 0 Å². The number of carboxylic acid groups (broad SMARTS) is 1. The SMILES string of the molecule is CC(NC1=CC(C(=O)O)N(C(C)(C)C)CC1)c1ccccc1. The molecule has 1 aromatic carbocycles. The van der Waals surface area contributed by atoms with E-state index in [4.69, 9.17) is 0 Å². The largest absolute Gasteiger partial charge is 0.480 e. The van der Waals surface area contributed by atoms with Gasteiger partial charge in [-0.3, -0.25) is 9.69 Å². The Morgan fingerprint density at radius 1 is 1.32 bits per heavy atom. The number of aliphatic carboxylic acids is 1. The number of hydrogen-bond acceptors (Lipinski definition) is 3. The number of nitrogens with zero attached hydrogens (tertiary/aromatic N) is 1. The molecule has 0 aliphatic carbocycles. The Balaban J connectivity index is 2.14. The van der Waals surface area contributed by atoms with E-state index in [1.807, 2.05) is 29.2 Å². The highest BCUT2D eigenvalue weighted by molar-refractivity contribution is 5.76. The highest BCUT2D eigenvalue weighted by atomic mass is 16.4. The quantitative estimate of drug-likeness (QED) is 0.897. The Morgan fingerprint density at radius 3 is 2.50 bits per heavy atom. The molecule has 2 N–H and O–H groups in total. The molecule has 120 valence electrons. The van der Waals surface area contributed by atoms with E-state index in [1.54, 1.807) is 0 Å². The van der Waals surface area contributed by atoms with Crippen LogP contribution in [-0.2, 0) is 4.79 Å². The summed E-state index contributed by atoms with van der Waals surface area (Å²) in [5.41, 5.74) is 2.06. The summed E-state index contributed by atoms with van der Waals surface area (Å²) in [6.07, 6.45) is 2.70. The molecule has 4 nitrogen and oxygen atoms in total. The molecule has 22 heavy (non-hydrogen) atoms. The number of nitrogens with one attached hydrogen (secondary N) is 1. The lowest BCUT2D eigenvalue weighted by Crippen LogP contribution is -2.53. The van der Waals surface area contributed by atoms with Crippen LogP contribution in [0.2, 0.25) is 0 Å². The van der Waals surface area contributed by atoms with Crippen molar-refractivity contribution < 1.29 is 9.90 Å². The third-order valence-corrected chi connectivity index (χ3v) is 4.13. The van der Waals surface area contributed by atoms with Crippen molar-refractivity contribution in [2.24, 2.45) is 0 Å². The smallest absolute Gasteiger partial charge is 0.325 e. The summed E-state index contributed by atoms with van der Waals surface area (Å²) in [7, 11) is 0. The van der Waals surface area contributed by atoms with Crippen molar-refractivity contribution in [1.82, 2.24) is 10.2 Å². The van der Waals surface area contributed by atoms with Crippen molar-refractivity contribution in [3.8, 4) is 0 Å². The highest BCUT2D eigenvalue weighted by Gasteiger charge is 2.35. The highest BCUT2D eigenvalue weighted by Crippen LogP contribution is 2.25. The van der Waals surface area contributed by atoms with Gasteiger partial charge in [0.2, 0.25) is 0 Å². The molecule has 0 fully saturated rings. The number of hydrogen-bond donors (Lipinski definition) is 2. The first-order valence-electron chi connectivity index (χ1n) is 7.81. The van der Waals surface area contributed by atoms with Crippen LogP contribution in [0.1, 0.15) is 45.7 Å². The van der Waals surface area contributed by atoms with Crippen molar-refractivity contribution in [1.29, 1.82) is 0 Å². The van der Waals surface area contributed by atoms with E-state index in [1.165, 1.54) is 5.56 Å². The maximum atomic E-state index is 11.6. The van der Waals surface area contributed by atoms with Gasteiger partial charge < -0.3 is 10.4 Å². The molecule has 0 spiro atoms. The molecule has 1 aromatic rings. The van der Waals surface area contributed by atoms with Gasteiger partial charge in [-0.15, -0.1) is 0 Å². The maximum Gasteiger partial charge on any atom is 0.325 e. The fourth-order valence-electron chi connectivity index (χ4n) is 2.92. The Bertz CT molecular complexity index is 546. The first-order valence-corrected chi connectivity index (χ1v) is 7.81. The van der Waals surface area contributed by atoms with E-state index in [-0.39, 0.29) is 11.6 Å². The molecule has 1 aliphatic rings. The first kappa shape index (κ1) is 16.6. The third kappa shape index (κ3) is 3.89. The minimum Gasteiger partial charge on any atom is -0.480 e. The molecule has 0 radical (unpaired) electrons. The summed E-state index contributed by atoms with van der Waals surface area (Å²) in [4.78, 5) is 13.6. The topological polar surface area (TPSA) is 52.6 Å². The van der Waals surface area contributed by atoms with E-state index in [9.17, 15) is 9.90 Å². The molecular weight excluding hydrogens is 276 g/mol. The number of rotatable bonds is 4.